The first-order valence-corrected chi connectivity index (χ1v) is 7.60. The van der Waals surface area contributed by atoms with E-state index in [2.05, 4.69) is 0 Å². The van der Waals surface area contributed by atoms with Crippen molar-refractivity contribution in [3.63, 3.8) is 0 Å². The van der Waals surface area contributed by atoms with E-state index >= 15 is 0 Å². The Morgan fingerprint density at radius 2 is 1.94 bits per heavy atom. The van der Waals surface area contributed by atoms with Gasteiger partial charge in [0.2, 0.25) is 0 Å². The summed E-state index contributed by atoms with van der Waals surface area (Å²) < 4.78 is 29.7. The molecule has 2 rings (SSSR count). The highest BCUT2D eigenvalue weighted by Gasteiger charge is 2.32. The summed E-state index contributed by atoms with van der Waals surface area (Å²) in [5.74, 6) is -0.382. The van der Waals surface area contributed by atoms with E-state index in [-0.39, 0.29) is 22.5 Å². The third kappa shape index (κ3) is 2.97. The Kier molecular flexibility index (Phi) is 3.82. The summed E-state index contributed by atoms with van der Waals surface area (Å²) in [4.78, 5) is 11.9. The predicted molar refractivity (Wildman–Crippen MR) is 67.1 cm³/mol. The number of hydrogen-bond acceptors (Lipinski definition) is 4. The van der Waals surface area contributed by atoms with E-state index < -0.39 is 15.9 Å². The lowest BCUT2D eigenvalue weighted by atomic mass is 10.0. The van der Waals surface area contributed by atoms with Gasteiger partial charge >= 0.3 is 0 Å². The van der Waals surface area contributed by atoms with Gasteiger partial charge in [0.25, 0.3) is 0 Å². The third-order valence-corrected chi connectivity index (χ3v) is 4.76. The van der Waals surface area contributed by atoms with Gasteiger partial charge in [0, 0.05) is 6.42 Å². The van der Waals surface area contributed by atoms with Crippen LogP contribution in [0.25, 0.3) is 0 Å². The van der Waals surface area contributed by atoms with Crippen LogP contribution in [0.4, 0.5) is 0 Å². The van der Waals surface area contributed by atoms with Gasteiger partial charge in [-0.3, -0.25) is 4.79 Å². The van der Waals surface area contributed by atoms with Gasteiger partial charge in [0.15, 0.2) is 15.6 Å². The van der Waals surface area contributed by atoms with Crippen LogP contribution >= 0.6 is 0 Å². The molecule has 0 amide bonds. The standard InChI is InChI=1S/C13H16O4S/c1-10-7-8-12(14)13(17-10)9-18(15,16)11-5-3-2-4-6-11/h2-6,10,13H,7-9H2,1H3/t10-,13+/m0/s1. The van der Waals surface area contributed by atoms with E-state index in [1.807, 2.05) is 6.92 Å². The van der Waals surface area contributed by atoms with Gasteiger partial charge in [0.05, 0.1) is 16.8 Å². The summed E-state index contributed by atoms with van der Waals surface area (Å²) in [5, 5.41) is 0. The number of ether oxygens (including phenoxy) is 1. The maximum Gasteiger partial charge on any atom is 0.181 e. The van der Waals surface area contributed by atoms with Crippen molar-refractivity contribution in [2.45, 2.75) is 36.9 Å². The van der Waals surface area contributed by atoms with Crippen LogP contribution < -0.4 is 0 Å². The first-order chi connectivity index (χ1) is 8.49. The van der Waals surface area contributed by atoms with Gasteiger partial charge in [-0.25, -0.2) is 8.42 Å². The van der Waals surface area contributed by atoms with Crippen LogP contribution in [-0.4, -0.2) is 32.2 Å². The van der Waals surface area contributed by atoms with Crippen molar-refractivity contribution in [2.75, 3.05) is 5.75 Å². The molecule has 18 heavy (non-hydrogen) atoms. The number of Topliss-reactive ketones (excluding diaryl/α,β-unsaturated/α-hetero) is 1. The summed E-state index contributed by atoms with van der Waals surface area (Å²) in [7, 11) is -3.46. The molecule has 2 atom stereocenters. The van der Waals surface area contributed by atoms with Gasteiger partial charge in [-0.2, -0.15) is 0 Å². The molecule has 1 saturated heterocycles. The van der Waals surface area contributed by atoms with Crippen LogP contribution in [0.5, 0.6) is 0 Å². The molecule has 0 spiro atoms. The monoisotopic (exact) mass is 268 g/mol. The molecule has 0 N–H and O–H groups in total. The molecule has 0 aromatic heterocycles. The normalized spacial score (nSPS) is 25.1. The zero-order chi connectivity index (χ0) is 13.2. The number of hydrogen-bond donors (Lipinski definition) is 0. The number of carbonyl (C=O) groups excluding carboxylic acids is 1. The minimum absolute atomic E-state index is 0.0568. The zero-order valence-corrected chi connectivity index (χ0v) is 11.0. The van der Waals surface area contributed by atoms with Gasteiger partial charge in [-0.1, -0.05) is 18.2 Å². The van der Waals surface area contributed by atoms with Gasteiger partial charge in [-0.15, -0.1) is 0 Å². The highest BCUT2D eigenvalue weighted by atomic mass is 32.2. The predicted octanol–water partition coefficient (Wildman–Crippen LogP) is 1.60. The lowest BCUT2D eigenvalue weighted by Crippen LogP contribution is -2.39. The highest BCUT2D eigenvalue weighted by Crippen LogP contribution is 2.20. The van der Waals surface area contributed by atoms with Crippen molar-refractivity contribution in [3.05, 3.63) is 30.3 Å². The second kappa shape index (κ2) is 5.20. The van der Waals surface area contributed by atoms with Crippen molar-refractivity contribution in [2.24, 2.45) is 0 Å². The summed E-state index contributed by atoms with van der Waals surface area (Å²) in [6.45, 7) is 1.86. The van der Waals surface area contributed by atoms with Crippen molar-refractivity contribution in [1.82, 2.24) is 0 Å². The molecule has 1 aromatic rings. The molecule has 1 aromatic carbocycles. The number of carbonyl (C=O) groups is 1. The second-order valence-corrected chi connectivity index (χ2v) is 6.57. The van der Waals surface area contributed by atoms with E-state index in [0.29, 0.717) is 12.8 Å². The van der Waals surface area contributed by atoms with Gasteiger partial charge < -0.3 is 4.74 Å². The Balaban J connectivity index is 2.15. The molecule has 5 heteroatoms. The smallest absolute Gasteiger partial charge is 0.181 e. The fourth-order valence-corrected chi connectivity index (χ4v) is 3.41. The van der Waals surface area contributed by atoms with E-state index in [0.717, 1.165) is 0 Å². The average molecular weight is 268 g/mol. The summed E-state index contributed by atoms with van der Waals surface area (Å²) in [6, 6.07) is 8.15. The molecule has 98 valence electrons. The van der Waals surface area contributed by atoms with Crippen LogP contribution in [0.2, 0.25) is 0 Å². The fourth-order valence-electron chi connectivity index (χ4n) is 1.99. The lowest BCUT2D eigenvalue weighted by molar-refractivity contribution is -0.139. The topological polar surface area (TPSA) is 60.4 Å². The number of benzene rings is 1. The molecule has 1 heterocycles. The highest BCUT2D eigenvalue weighted by molar-refractivity contribution is 7.91. The molecule has 4 nitrogen and oxygen atoms in total. The fraction of sp³-hybridized carbons (Fsp3) is 0.462. The van der Waals surface area contributed by atoms with Crippen LogP contribution in [0, 0.1) is 0 Å². The van der Waals surface area contributed by atoms with Gasteiger partial charge in [0.1, 0.15) is 6.10 Å². The molecule has 0 radical (unpaired) electrons. The van der Waals surface area contributed by atoms with Crippen LogP contribution in [0.3, 0.4) is 0 Å². The maximum atomic E-state index is 12.1. The minimum Gasteiger partial charge on any atom is -0.366 e. The number of ketones is 1. The molecular weight excluding hydrogens is 252 g/mol. The Hall–Kier alpha value is -1.20. The number of rotatable bonds is 3. The van der Waals surface area contributed by atoms with Crippen molar-refractivity contribution >= 4 is 15.6 Å². The summed E-state index contributed by atoms with van der Waals surface area (Å²) in [5.41, 5.74) is 0. The molecule has 0 aliphatic carbocycles. The molecule has 1 aliphatic rings. The van der Waals surface area contributed by atoms with Crippen LogP contribution in [-0.2, 0) is 19.4 Å². The van der Waals surface area contributed by atoms with Crippen molar-refractivity contribution < 1.29 is 17.9 Å². The summed E-state index contributed by atoms with van der Waals surface area (Å²) in [6.07, 6.45) is 0.189. The zero-order valence-electron chi connectivity index (χ0n) is 10.2. The summed E-state index contributed by atoms with van der Waals surface area (Å²) >= 11 is 0. The van der Waals surface area contributed by atoms with E-state index in [1.54, 1.807) is 18.2 Å². The van der Waals surface area contributed by atoms with E-state index in [1.165, 1.54) is 12.1 Å². The van der Waals surface area contributed by atoms with E-state index in [9.17, 15) is 13.2 Å². The van der Waals surface area contributed by atoms with Crippen molar-refractivity contribution in [1.29, 1.82) is 0 Å². The first kappa shape index (κ1) is 13.2. The molecule has 0 bridgehead atoms. The first-order valence-electron chi connectivity index (χ1n) is 5.95. The Morgan fingerprint density at radius 3 is 2.61 bits per heavy atom. The largest absolute Gasteiger partial charge is 0.366 e. The SMILES string of the molecule is C[C@H]1CCC(=O)[C@@H](CS(=O)(=O)c2ccccc2)O1. The molecule has 1 aliphatic heterocycles. The molecule has 0 unspecified atom stereocenters. The average Bonchev–Trinajstić information content (AvgIpc) is 2.35. The van der Waals surface area contributed by atoms with Crippen LogP contribution in [0.1, 0.15) is 19.8 Å². The third-order valence-electron chi connectivity index (χ3n) is 3.03. The molecule has 1 fully saturated rings. The minimum atomic E-state index is -3.46. The van der Waals surface area contributed by atoms with Crippen molar-refractivity contribution in [3.8, 4) is 0 Å². The molecular formula is C13H16O4S. The quantitative estimate of drug-likeness (QED) is 0.835. The number of sulfone groups is 1. The van der Waals surface area contributed by atoms with Gasteiger partial charge in [-0.05, 0) is 25.5 Å². The molecule has 0 saturated carbocycles. The van der Waals surface area contributed by atoms with E-state index in [4.69, 9.17) is 4.74 Å². The second-order valence-electron chi connectivity index (χ2n) is 4.53. The Labute approximate surface area is 107 Å². The Morgan fingerprint density at radius 1 is 1.28 bits per heavy atom. The lowest BCUT2D eigenvalue weighted by Gasteiger charge is -2.26. The maximum absolute atomic E-state index is 12.1. The van der Waals surface area contributed by atoms with Crippen LogP contribution in [0.15, 0.2) is 35.2 Å². The Bertz CT molecular complexity index is 521.